The van der Waals surface area contributed by atoms with Crippen LogP contribution in [0.2, 0.25) is 0 Å². The van der Waals surface area contributed by atoms with E-state index in [-0.39, 0.29) is 0 Å². The molecule has 2 aromatic rings. The summed E-state index contributed by atoms with van der Waals surface area (Å²) < 4.78 is 9.08. The van der Waals surface area contributed by atoms with Gasteiger partial charge in [-0.05, 0) is 37.4 Å². The number of hydrogen-bond acceptors (Lipinski definition) is 2. The van der Waals surface area contributed by atoms with Gasteiger partial charge in [-0.3, -0.25) is 4.57 Å². The Balaban J connectivity index is 2.08. The van der Waals surface area contributed by atoms with E-state index in [4.69, 9.17) is 4.74 Å². The molecule has 0 aliphatic heterocycles. The molecular formula is C11H10Br2N2O. The van der Waals surface area contributed by atoms with Crippen LogP contribution in [0.15, 0.2) is 39.5 Å². The average Bonchev–Trinajstić information content (AvgIpc) is 2.56. The fraction of sp³-hybridized carbons (Fsp3) is 0.182. The predicted octanol–water partition coefficient (Wildman–Crippen LogP) is 3.52. The largest absolute Gasteiger partial charge is 0.460 e. The van der Waals surface area contributed by atoms with E-state index in [0.717, 1.165) is 14.8 Å². The molecule has 2 rings (SSSR count). The average molecular weight is 346 g/mol. The zero-order valence-corrected chi connectivity index (χ0v) is 11.8. The van der Waals surface area contributed by atoms with E-state index in [0.29, 0.717) is 12.6 Å². The number of imidazole rings is 1. The molecule has 1 heterocycles. The third-order valence-corrected chi connectivity index (χ3v) is 4.15. The summed E-state index contributed by atoms with van der Waals surface area (Å²) in [5.74, 6) is 0. The highest BCUT2D eigenvalue weighted by Gasteiger charge is 2.10. The Morgan fingerprint density at radius 1 is 1.25 bits per heavy atom. The molecule has 0 spiro atoms. The van der Waals surface area contributed by atoms with Crippen LogP contribution in [0.5, 0.6) is 6.01 Å². The zero-order valence-electron chi connectivity index (χ0n) is 8.65. The second-order valence-corrected chi connectivity index (χ2v) is 4.81. The van der Waals surface area contributed by atoms with Crippen molar-refractivity contribution < 1.29 is 4.74 Å². The van der Waals surface area contributed by atoms with E-state index in [1.807, 2.05) is 41.9 Å². The molecule has 84 valence electrons. The Labute approximate surface area is 111 Å². The summed E-state index contributed by atoms with van der Waals surface area (Å²) >= 11 is 6.73. The van der Waals surface area contributed by atoms with Gasteiger partial charge in [0, 0.05) is 7.05 Å². The minimum Gasteiger partial charge on any atom is -0.460 e. The van der Waals surface area contributed by atoms with E-state index in [1.165, 1.54) is 0 Å². The molecule has 0 amide bonds. The maximum absolute atomic E-state index is 5.62. The first-order valence-electron chi connectivity index (χ1n) is 4.73. The highest BCUT2D eigenvalue weighted by molar-refractivity contribution is 9.13. The van der Waals surface area contributed by atoms with Crippen molar-refractivity contribution in [3.05, 3.63) is 45.1 Å². The first-order valence-corrected chi connectivity index (χ1v) is 6.31. The second kappa shape index (κ2) is 5.01. The van der Waals surface area contributed by atoms with Crippen LogP contribution in [0.25, 0.3) is 0 Å². The number of nitrogens with zero attached hydrogens (tertiary/aromatic N) is 2. The molecule has 0 aliphatic rings. The van der Waals surface area contributed by atoms with Gasteiger partial charge in [0.05, 0.1) is 0 Å². The van der Waals surface area contributed by atoms with Crippen LogP contribution in [0.1, 0.15) is 5.56 Å². The topological polar surface area (TPSA) is 27.1 Å². The van der Waals surface area contributed by atoms with Crippen molar-refractivity contribution in [1.29, 1.82) is 0 Å². The maximum Gasteiger partial charge on any atom is 0.298 e. The number of benzene rings is 1. The lowest BCUT2D eigenvalue weighted by atomic mass is 10.2. The van der Waals surface area contributed by atoms with Gasteiger partial charge >= 0.3 is 0 Å². The maximum atomic E-state index is 5.62. The molecular weight excluding hydrogens is 336 g/mol. The van der Waals surface area contributed by atoms with Crippen LogP contribution >= 0.6 is 31.9 Å². The summed E-state index contributed by atoms with van der Waals surface area (Å²) in [4.78, 5) is 4.24. The van der Waals surface area contributed by atoms with Gasteiger partial charge in [0.25, 0.3) is 6.01 Å². The van der Waals surface area contributed by atoms with Gasteiger partial charge in [0.15, 0.2) is 0 Å². The second-order valence-electron chi connectivity index (χ2n) is 3.31. The minimum atomic E-state index is 0.518. The van der Waals surface area contributed by atoms with Crippen LogP contribution < -0.4 is 4.74 Å². The van der Waals surface area contributed by atoms with E-state index < -0.39 is 0 Å². The first kappa shape index (κ1) is 11.7. The van der Waals surface area contributed by atoms with Crippen LogP contribution in [0.4, 0.5) is 0 Å². The molecule has 0 saturated heterocycles. The highest BCUT2D eigenvalue weighted by Crippen LogP contribution is 2.26. The quantitative estimate of drug-likeness (QED) is 0.850. The third-order valence-electron chi connectivity index (χ3n) is 2.16. The van der Waals surface area contributed by atoms with Crippen molar-refractivity contribution in [1.82, 2.24) is 9.55 Å². The fourth-order valence-corrected chi connectivity index (χ4v) is 1.94. The Bertz CT molecular complexity index is 482. The van der Waals surface area contributed by atoms with Gasteiger partial charge in [-0.15, -0.1) is 0 Å². The summed E-state index contributed by atoms with van der Waals surface area (Å²) in [5, 5.41) is 0. The van der Waals surface area contributed by atoms with Crippen molar-refractivity contribution >= 4 is 31.9 Å². The van der Waals surface area contributed by atoms with E-state index in [1.54, 1.807) is 0 Å². The van der Waals surface area contributed by atoms with Crippen LogP contribution in [-0.4, -0.2) is 9.55 Å². The number of ether oxygens (including phenoxy) is 1. The molecule has 5 heteroatoms. The Kier molecular flexibility index (Phi) is 3.66. The number of hydrogen-bond donors (Lipinski definition) is 0. The van der Waals surface area contributed by atoms with Crippen molar-refractivity contribution in [2.75, 3.05) is 0 Å². The van der Waals surface area contributed by atoms with Crippen LogP contribution in [0, 0.1) is 0 Å². The van der Waals surface area contributed by atoms with Gasteiger partial charge in [-0.1, -0.05) is 30.3 Å². The predicted molar refractivity (Wildman–Crippen MR) is 69.4 cm³/mol. The number of rotatable bonds is 3. The Morgan fingerprint density at radius 3 is 2.50 bits per heavy atom. The normalized spacial score (nSPS) is 10.4. The fourth-order valence-electron chi connectivity index (χ4n) is 1.28. The van der Waals surface area contributed by atoms with Gasteiger partial charge in [0.1, 0.15) is 15.8 Å². The summed E-state index contributed by atoms with van der Waals surface area (Å²) in [6.45, 7) is 0.518. The number of halogens is 2. The van der Waals surface area contributed by atoms with Crippen molar-refractivity contribution in [2.45, 2.75) is 6.61 Å². The molecule has 3 nitrogen and oxygen atoms in total. The molecule has 1 aromatic carbocycles. The minimum absolute atomic E-state index is 0.518. The molecule has 0 aliphatic carbocycles. The smallest absolute Gasteiger partial charge is 0.298 e. The summed E-state index contributed by atoms with van der Waals surface area (Å²) in [7, 11) is 1.89. The monoisotopic (exact) mass is 344 g/mol. The molecule has 0 radical (unpaired) electrons. The Morgan fingerprint density at radius 2 is 1.94 bits per heavy atom. The molecule has 0 fully saturated rings. The summed E-state index contributed by atoms with van der Waals surface area (Å²) in [6.07, 6.45) is 0. The third kappa shape index (κ3) is 2.47. The lowest BCUT2D eigenvalue weighted by Crippen LogP contribution is -2.00. The van der Waals surface area contributed by atoms with E-state index >= 15 is 0 Å². The lowest BCUT2D eigenvalue weighted by Gasteiger charge is -2.05. The van der Waals surface area contributed by atoms with Gasteiger partial charge in [-0.25, -0.2) is 0 Å². The molecule has 0 bridgehead atoms. The molecule has 0 unspecified atom stereocenters. The van der Waals surface area contributed by atoms with E-state index in [2.05, 4.69) is 36.8 Å². The van der Waals surface area contributed by atoms with Crippen LogP contribution in [-0.2, 0) is 13.7 Å². The summed E-state index contributed by atoms with van der Waals surface area (Å²) in [6, 6.07) is 10.6. The molecule has 0 saturated carbocycles. The van der Waals surface area contributed by atoms with Crippen molar-refractivity contribution in [3.8, 4) is 6.01 Å². The van der Waals surface area contributed by atoms with E-state index in [9.17, 15) is 0 Å². The first-order chi connectivity index (χ1) is 7.68. The highest BCUT2D eigenvalue weighted by atomic mass is 79.9. The van der Waals surface area contributed by atoms with Gasteiger partial charge in [-0.2, -0.15) is 4.98 Å². The molecule has 16 heavy (non-hydrogen) atoms. The standard InChI is InChI=1S/C11H10Br2N2O/c1-15-10(13)9(12)14-11(15)16-7-8-5-3-2-4-6-8/h2-6H,7H2,1H3. The van der Waals surface area contributed by atoms with Crippen LogP contribution in [0.3, 0.4) is 0 Å². The zero-order chi connectivity index (χ0) is 11.5. The lowest BCUT2D eigenvalue weighted by molar-refractivity contribution is 0.271. The molecule has 0 atom stereocenters. The molecule has 1 aromatic heterocycles. The van der Waals surface area contributed by atoms with Gasteiger partial charge < -0.3 is 4.74 Å². The van der Waals surface area contributed by atoms with Crippen molar-refractivity contribution in [3.63, 3.8) is 0 Å². The molecule has 0 N–H and O–H groups in total. The number of aromatic nitrogens is 2. The summed E-state index contributed by atoms with van der Waals surface area (Å²) in [5.41, 5.74) is 1.12. The Hall–Kier alpha value is -0.810. The van der Waals surface area contributed by atoms with Crippen molar-refractivity contribution in [2.24, 2.45) is 7.05 Å². The SMILES string of the molecule is Cn1c(OCc2ccccc2)nc(Br)c1Br. The van der Waals surface area contributed by atoms with Gasteiger partial charge in [0.2, 0.25) is 0 Å².